The molecule has 35 heavy (non-hydrogen) atoms. The number of ether oxygens (including phenoxy) is 2. The molecule has 0 aliphatic carbocycles. The van der Waals surface area contributed by atoms with Crippen LogP contribution in [0.2, 0.25) is 0 Å². The molecule has 2 aromatic rings. The van der Waals surface area contributed by atoms with Crippen molar-refractivity contribution < 1.29 is 33.4 Å². The fourth-order valence-corrected chi connectivity index (χ4v) is 3.45. The maximum Gasteiger partial charge on any atom is 0.338 e. The molecule has 1 aliphatic rings. The first kappa shape index (κ1) is 25.9. The van der Waals surface area contributed by atoms with E-state index in [0.717, 1.165) is 9.48 Å². The summed E-state index contributed by atoms with van der Waals surface area (Å²) < 4.78 is 10.9. The lowest BCUT2D eigenvalue weighted by atomic mass is 10.1. The van der Waals surface area contributed by atoms with E-state index in [9.17, 15) is 24.0 Å². The van der Waals surface area contributed by atoms with Crippen molar-refractivity contribution in [3.8, 4) is 0 Å². The average Bonchev–Trinajstić information content (AvgIpc) is 3.21. The van der Waals surface area contributed by atoms with Gasteiger partial charge in [0.2, 0.25) is 5.91 Å². The molecule has 3 rings (SSSR count). The van der Waals surface area contributed by atoms with Gasteiger partial charge in [0.05, 0.1) is 24.6 Å². The Morgan fingerprint density at radius 2 is 1.66 bits per heavy atom. The number of esters is 2. The van der Waals surface area contributed by atoms with Crippen LogP contribution in [0.4, 0.5) is 5.69 Å². The first-order chi connectivity index (χ1) is 16.8. The molecule has 1 heterocycles. The van der Waals surface area contributed by atoms with Gasteiger partial charge in [-0.2, -0.15) is 0 Å². The zero-order chi connectivity index (χ0) is 25.4. The largest absolute Gasteiger partial charge is 0.462 e. The highest BCUT2D eigenvalue weighted by Gasteiger charge is 2.36. The van der Waals surface area contributed by atoms with Crippen LogP contribution in [0.5, 0.6) is 0 Å². The molecular formula is C24H24BrN3O7. The molecule has 1 fully saturated rings. The summed E-state index contributed by atoms with van der Waals surface area (Å²) in [6.45, 7) is 1.61. The van der Waals surface area contributed by atoms with E-state index in [-0.39, 0.29) is 13.0 Å². The zero-order valence-corrected chi connectivity index (χ0v) is 20.5. The van der Waals surface area contributed by atoms with E-state index in [0.29, 0.717) is 29.8 Å². The number of carbonyl (C=O) groups excluding carboxylic acids is 5. The minimum Gasteiger partial charge on any atom is -0.462 e. The van der Waals surface area contributed by atoms with Gasteiger partial charge in [-0.25, -0.2) is 4.79 Å². The van der Waals surface area contributed by atoms with Gasteiger partial charge in [-0.15, -0.1) is 0 Å². The van der Waals surface area contributed by atoms with E-state index < -0.39 is 42.2 Å². The van der Waals surface area contributed by atoms with Gasteiger partial charge in [0.1, 0.15) is 0 Å². The summed E-state index contributed by atoms with van der Waals surface area (Å²) in [6.07, 6.45) is 0.572. The first-order valence-electron chi connectivity index (χ1n) is 10.9. The van der Waals surface area contributed by atoms with E-state index in [4.69, 9.17) is 9.47 Å². The lowest BCUT2D eigenvalue weighted by Gasteiger charge is -2.17. The maximum absolute atomic E-state index is 12.3. The highest BCUT2D eigenvalue weighted by Crippen LogP contribution is 2.18. The standard InChI is InChI=1S/C24H24BrN3O7/c1-2-11-34-23(32)16-5-9-19(10-6-16)26-20(29)14-35-24(33)17-12-21(30)28(13-17)27-22(31)15-3-7-18(25)8-4-15/h3-10,17H,2,11-14H2,1H3,(H,26,29)(H,27,31)/t17-/m0/s1. The quantitative estimate of drug-likeness (QED) is 0.463. The number of anilines is 1. The summed E-state index contributed by atoms with van der Waals surface area (Å²) in [5.74, 6) is -3.48. The molecule has 0 radical (unpaired) electrons. The highest BCUT2D eigenvalue weighted by molar-refractivity contribution is 9.10. The number of hydrazine groups is 1. The summed E-state index contributed by atoms with van der Waals surface area (Å²) >= 11 is 3.28. The van der Waals surface area contributed by atoms with E-state index in [2.05, 4.69) is 26.7 Å². The molecule has 0 aromatic heterocycles. The summed E-state index contributed by atoms with van der Waals surface area (Å²) in [4.78, 5) is 60.8. The second-order valence-corrected chi connectivity index (χ2v) is 8.64. The normalized spacial score (nSPS) is 14.9. The van der Waals surface area contributed by atoms with Crippen LogP contribution in [-0.4, -0.2) is 54.4 Å². The Morgan fingerprint density at radius 3 is 2.31 bits per heavy atom. The van der Waals surface area contributed by atoms with Crippen LogP contribution < -0.4 is 10.7 Å². The summed E-state index contributed by atoms with van der Waals surface area (Å²) in [6, 6.07) is 12.7. The summed E-state index contributed by atoms with van der Waals surface area (Å²) in [5, 5.41) is 3.63. The number of benzene rings is 2. The van der Waals surface area contributed by atoms with Gasteiger partial charge in [-0.05, 0) is 55.0 Å². The Kier molecular flexibility index (Phi) is 8.96. The topological polar surface area (TPSA) is 131 Å². The molecule has 184 valence electrons. The van der Waals surface area contributed by atoms with Crippen LogP contribution in [0, 0.1) is 5.92 Å². The number of nitrogens with zero attached hydrogens (tertiary/aromatic N) is 1. The van der Waals surface area contributed by atoms with Gasteiger partial charge >= 0.3 is 11.9 Å². The van der Waals surface area contributed by atoms with Gasteiger partial charge < -0.3 is 14.8 Å². The Labute approximate surface area is 210 Å². The van der Waals surface area contributed by atoms with Crippen molar-refractivity contribution in [1.29, 1.82) is 0 Å². The molecule has 0 saturated carbocycles. The molecular weight excluding hydrogens is 522 g/mol. The fraction of sp³-hybridized carbons (Fsp3) is 0.292. The van der Waals surface area contributed by atoms with Crippen LogP contribution >= 0.6 is 15.9 Å². The molecule has 1 saturated heterocycles. The minimum absolute atomic E-state index is 0.0584. The van der Waals surface area contributed by atoms with E-state index in [1.807, 2.05) is 6.92 Å². The van der Waals surface area contributed by atoms with Gasteiger partial charge in [0.25, 0.3) is 11.8 Å². The van der Waals surface area contributed by atoms with Crippen LogP contribution in [-0.2, 0) is 23.9 Å². The Balaban J connectivity index is 1.44. The van der Waals surface area contributed by atoms with Crippen LogP contribution in [0.3, 0.4) is 0 Å². The third kappa shape index (κ3) is 7.38. The third-order valence-electron chi connectivity index (χ3n) is 4.99. The van der Waals surface area contributed by atoms with Crippen molar-refractivity contribution in [3.63, 3.8) is 0 Å². The predicted octanol–water partition coefficient (Wildman–Crippen LogP) is 2.69. The highest BCUT2D eigenvalue weighted by atomic mass is 79.9. The molecule has 3 amide bonds. The molecule has 0 bridgehead atoms. The Hall–Kier alpha value is -3.73. The van der Waals surface area contributed by atoms with Crippen LogP contribution in [0.15, 0.2) is 53.0 Å². The lowest BCUT2D eigenvalue weighted by molar-refractivity contribution is -0.151. The van der Waals surface area contributed by atoms with Crippen LogP contribution in [0.1, 0.15) is 40.5 Å². The van der Waals surface area contributed by atoms with Crippen molar-refractivity contribution in [3.05, 3.63) is 64.1 Å². The van der Waals surface area contributed by atoms with Crippen molar-refractivity contribution >= 4 is 51.3 Å². The van der Waals surface area contributed by atoms with Crippen LogP contribution in [0.25, 0.3) is 0 Å². The van der Waals surface area contributed by atoms with E-state index in [1.165, 1.54) is 24.3 Å². The third-order valence-corrected chi connectivity index (χ3v) is 5.52. The van der Waals surface area contributed by atoms with Gasteiger partial charge in [0, 0.05) is 22.1 Å². The predicted molar refractivity (Wildman–Crippen MR) is 128 cm³/mol. The van der Waals surface area contributed by atoms with Crippen molar-refractivity contribution in [2.45, 2.75) is 19.8 Å². The number of nitrogens with one attached hydrogen (secondary N) is 2. The molecule has 11 heteroatoms. The first-order valence-corrected chi connectivity index (χ1v) is 11.7. The lowest BCUT2D eigenvalue weighted by Crippen LogP contribution is -2.43. The van der Waals surface area contributed by atoms with Gasteiger partial charge in [0.15, 0.2) is 6.61 Å². The number of carbonyl (C=O) groups is 5. The number of halogens is 1. The molecule has 1 aliphatic heterocycles. The van der Waals surface area contributed by atoms with E-state index in [1.54, 1.807) is 24.3 Å². The maximum atomic E-state index is 12.3. The summed E-state index contributed by atoms with van der Waals surface area (Å²) in [5.41, 5.74) is 3.60. The summed E-state index contributed by atoms with van der Waals surface area (Å²) in [7, 11) is 0. The average molecular weight is 546 g/mol. The molecule has 1 atom stereocenters. The minimum atomic E-state index is -0.811. The monoisotopic (exact) mass is 545 g/mol. The van der Waals surface area contributed by atoms with Crippen molar-refractivity contribution in [2.24, 2.45) is 5.92 Å². The second kappa shape index (κ2) is 12.1. The van der Waals surface area contributed by atoms with E-state index >= 15 is 0 Å². The molecule has 2 aromatic carbocycles. The zero-order valence-electron chi connectivity index (χ0n) is 18.9. The molecule has 0 spiro atoms. The molecule has 10 nitrogen and oxygen atoms in total. The Bertz CT molecular complexity index is 1100. The molecule has 2 N–H and O–H groups in total. The smallest absolute Gasteiger partial charge is 0.338 e. The van der Waals surface area contributed by atoms with Gasteiger partial charge in [-0.1, -0.05) is 22.9 Å². The number of rotatable bonds is 9. The number of hydrogen-bond acceptors (Lipinski definition) is 7. The Morgan fingerprint density at radius 1 is 1.00 bits per heavy atom. The molecule has 0 unspecified atom stereocenters. The van der Waals surface area contributed by atoms with Crippen molar-refractivity contribution in [1.82, 2.24) is 10.4 Å². The fourth-order valence-electron chi connectivity index (χ4n) is 3.18. The number of hydrogen-bond donors (Lipinski definition) is 2. The van der Waals surface area contributed by atoms with Crippen molar-refractivity contribution in [2.75, 3.05) is 25.1 Å². The number of amides is 3. The SMILES string of the molecule is CCCOC(=O)c1ccc(NC(=O)COC(=O)[C@H]2CC(=O)N(NC(=O)c3ccc(Br)cc3)C2)cc1. The van der Waals surface area contributed by atoms with Gasteiger partial charge in [-0.3, -0.25) is 29.6 Å². The second-order valence-electron chi connectivity index (χ2n) is 7.72.